The van der Waals surface area contributed by atoms with Crippen molar-refractivity contribution in [3.8, 4) is 5.75 Å². The van der Waals surface area contributed by atoms with Crippen LogP contribution in [0.25, 0.3) is 0 Å². The molecule has 0 unspecified atom stereocenters. The number of methoxy groups -OCH3 is 1. The maximum Gasteiger partial charge on any atom is 0.118 e. The molecule has 0 radical (unpaired) electrons. The van der Waals surface area contributed by atoms with Gasteiger partial charge < -0.3 is 10.5 Å². The van der Waals surface area contributed by atoms with Crippen LogP contribution in [0, 0.1) is 5.41 Å². The van der Waals surface area contributed by atoms with E-state index < -0.39 is 0 Å². The predicted octanol–water partition coefficient (Wildman–Crippen LogP) is 3.15. The molecule has 2 rings (SSSR count). The molecular formula is C15H23NO. The van der Waals surface area contributed by atoms with Crippen LogP contribution in [0.2, 0.25) is 0 Å². The molecule has 1 aliphatic rings. The molecule has 0 atom stereocenters. The van der Waals surface area contributed by atoms with E-state index in [0.29, 0.717) is 5.41 Å². The summed E-state index contributed by atoms with van der Waals surface area (Å²) in [4.78, 5) is 0. The number of benzene rings is 1. The monoisotopic (exact) mass is 233 g/mol. The van der Waals surface area contributed by atoms with Crippen molar-refractivity contribution < 1.29 is 4.74 Å². The molecule has 1 aliphatic carbocycles. The summed E-state index contributed by atoms with van der Waals surface area (Å²) in [7, 11) is 1.71. The summed E-state index contributed by atoms with van der Waals surface area (Å²) in [6.45, 7) is 0.818. The van der Waals surface area contributed by atoms with E-state index in [4.69, 9.17) is 10.5 Å². The van der Waals surface area contributed by atoms with Crippen LogP contribution in [0.5, 0.6) is 5.75 Å². The highest BCUT2D eigenvalue weighted by atomic mass is 16.5. The summed E-state index contributed by atoms with van der Waals surface area (Å²) in [6, 6.07) is 8.43. The van der Waals surface area contributed by atoms with Gasteiger partial charge in [-0.2, -0.15) is 0 Å². The van der Waals surface area contributed by atoms with E-state index in [1.807, 2.05) is 12.1 Å². The third-order valence-corrected chi connectivity index (χ3v) is 4.09. The van der Waals surface area contributed by atoms with Gasteiger partial charge in [0.05, 0.1) is 7.11 Å². The molecule has 0 aromatic heterocycles. The molecule has 17 heavy (non-hydrogen) atoms. The number of hydrogen-bond donors (Lipinski definition) is 1. The zero-order valence-electron chi connectivity index (χ0n) is 10.7. The molecule has 0 bridgehead atoms. The topological polar surface area (TPSA) is 35.2 Å². The molecular weight excluding hydrogens is 210 g/mol. The Labute approximate surface area is 104 Å². The van der Waals surface area contributed by atoms with Crippen LogP contribution in [0.1, 0.15) is 37.7 Å². The van der Waals surface area contributed by atoms with Gasteiger partial charge in [-0.3, -0.25) is 0 Å². The van der Waals surface area contributed by atoms with E-state index in [-0.39, 0.29) is 0 Å². The van der Waals surface area contributed by atoms with Gasteiger partial charge in [-0.05, 0) is 48.9 Å². The van der Waals surface area contributed by atoms with Gasteiger partial charge in [0.2, 0.25) is 0 Å². The SMILES string of the molecule is COc1ccc(CC2(CN)CCCCC2)cc1. The Balaban J connectivity index is 2.06. The third-order valence-electron chi connectivity index (χ3n) is 4.09. The fraction of sp³-hybridized carbons (Fsp3) is 0.600. The first kappa shape index (κ1) is 12.4. The van der Waals surface area contributed by atoms with E-state index in [2.05, 4.69) is 12.1 Å². The van der Waals surface area contributed by atoms with Gasteiger partial charge in [-0.25, -0.2) is 0 Å². The lowest BCUT2D eigenvalue weighted by Crippen LogP contribution is -2.34. The summed E-state index contributed by atoms with van der Waals surface area (Å²) >= 11 is 0. The number of ether oxygens (including phenoxy) is 1. The zero-order valence-corrected chi connectivity index (χ0v) is 10.7. The van der Waals surface area contributed by atoms with E-state index >= 15 is 0 Å². The molecule has 1 fully saturated rings. The van der Waals surface area contributed by atoms with Crippen LogP contribution in [-0.4, -0.2) is 13.7 Å². The van der Waals surface area contributed by atoms with Crippen LogP contribution in [0.4, 0.5) is 0 Å². The lowest BCUT2D eigenvalue weighted by Gasteiger charge is -2.36. The van der Waals surface area contributed by atoms with Crippen LogP contribution >= 0.6 is 0 Å². The molecule has 0 aliphatic heterocycles. The Hall–Kier alpha value is -1.02. The zero-order chi connectivity index (χ0) is 12.1. The van der Waals surface area contributed by atoms with Crippen molar-refractivity contribution in [1.29, 1.82) is 0 Å². The minimum Gasteiger partial charge on any atom is -0.497 e. The van der Waals surface area contributed by atoms with Crippen molar-refractivity contribution in [3.63, 3.8) is 0 Å². The lowest BCUT2D eigenvalue weighted by molar-refractivity contribution is 0.197. The van der Waals surface area contributed by atoms with Gasteiger partial charge in [0.15, 0.2) is 0 Å². The summed E-state index contributed by atoms with van der Waals surface area (Å²) in [5.41, 5.74) is 7.76. The Morgan fingerprint density at radius 3 is 2.29 bits per heavy atom. The quantitative estimate of drug-likeness (QED) is 0.867. The van der Waals surface area contributed by atoms with Gasteiger partial charge >= 0.3 is 0 Å². The van der Waals surface area contributed by atoms with Crippen LogP contribution in [0.15, 0.2) is 24.3 Å². The molecule has 0 saturated heterocycles. The van der Waals surface area contributed by atoms with Gasteiger partial charge in [0.1, 0.15) is 5.75 Å². The van der Waals surface area contributed by atoms with E-state index in [0.717, 1.165) is 18.7 Å². The highest BCUT2D eigenvalue weighted by Gasteiger charge is 2.30. The van der Waals surface area contributed by atoms with Gasteiger partial charge in [-0.15, -0.1) is 0 Å². The highest BCUT2D eigenvalue weighted by Crippen LogP contribution is 2.38. The third kappa shape index (κ3) is 3.01. The molecule has 0 amide bonds. The molecule has 0 heterocycles. The maximum atomic E-state index is 6.02. The fourth-order valence-electron chi connectivity index (χ4n) is 2.93. The van der Waals surface area contributed by atoms with Gasteiger partial charge in [0.25, 0.3) is 0 Å². The second-order valence-electron chi connectivity index (χ2n) is 5.29. The van der Waals surface area contributed by atoms with Crippen molar-refractivity contribution in [2.24, 2.45) is 11.1 Å². The molecule has 2 heteroatoms. The Kier molecular flexibility index (Phi) is 4.06. The summed E-state index contributed by atoms with van der Waals surface area (Å²) in [5.74, 6) is 0.930. The first-order valence-electron chi connectivity index (χ1n) is 6.61. The van der Waals surface area contributed by atoms with Crippen molar-refractivity contribution >= 4 is 0 Å². The minimum absolute atomic E-state index is 0.354. The maximum absolute atomic E-state index is 6.02. The first-order chi connectivity index (χ1) is 8.28. The Morgan fingerprint density at radius 2 is 1.76 bits per heavy atom. The molecule has 0 spiro atoms. The molecule has 2 N–H and O–H groups in total. The fourth-order valence-corrected chi connectivity index (χ4v) is 2.93. The van der Waals surface area contributed by atoms with Crippen LogP contribution in [-0.2, 0) is 6.42 Å². The molecule has 2 nitrogen and oxygen atoms in total. The second kappa shape index (κ2) is 5.54. The smallest absolute Gasteiger partial charge is 0.118 e. The Bertz CT molecular complexity index is 338. The van der Waals surface area contributed by atoms with E-state index in [1.165, 1.54) is 37.7 Å². The summed E-state index contributed by atoms with van der Waals surface area (Å²) in [6.07, 6.45) is 7.75. The van der Waals surface area contributed by atoms with Crippen molar-refractivity contribution in [2.75, 3.05) is 13.7 Å². The second-order valence-corrected chi connectivity index (χ2v) is 5.29. The molecule has 1 aromatic rings. The van der Waals surface area contributed by atoms with Crippen molar-refractivity contribution in [2.45, 2.75) is 38.5 Å². The lowest BCUT2D eigenvalue weighted by atomic mass is 9.70. The first-order valence-corrected chi connectivity index (χ1v) is 6.61. The minimum atomic E-state index is 0.354. The highest BCUT2D eigenvalue weighted by molar-refractivity contribution is 5.28. The van der Waals surface area contributed by atoms with Gasteiger partial charge in [-0.1, -0.05) is 31.4 Å². The summed E-state index contributed by atoms with van der Waals surface area (Å²) in [5, 5.41) is 0. The average molecular weight is 233 g/mol. The van der Waals surface area contributed by atoms with Crippen LogP contribution in [0.3, 0.4) is 0 Å². The summed E-state index contributed by atoms with van der Waals surface area (Å²) < 4.78 is 5.19. The van der Waals surface area contributed by atoms with Crippen molar-refractivity contribution in [1.82, 2.24) is 0 Å². The van der Waals surface area contributed by atoms with E-state index in [9.17, 15) is 0 Å². The normalized spacial score (nSPS) is 18.9. The number of nitrogens with two attached hydrogens (primary N) is 1. The Morgan fingerprint density at radius 1 is 1.12 bits per heavy atom. The number of hydrogen-bond acceptors (Lipinski definition) is 2. The molecule has 94 valence electrons. The predicted molar refractivity (Wildman–Crippen MR) is 71.3 cm³/mol. The van der Waals surface area contributed by atoms with Crippen molar-refractivity contribution in [3.05, 3.63) is 29.8 Å². The van der Waals surface area contributed by atoms with E-state index in [1.54, 1.807) is 7.11 Å². The average Bonchev–Trinajstić information content (AvgIpc) is 2.41. The van der Waals surface area contributed by atoms with Crippen LogP contribution < -0.4 is 10.5 Å². The standard InChI is InChI=1S/C15H23NO/c1-17-14-7-5-13(6-8-14)11-15(12-16)9-3-2-4-10-15/h5-8H,2-4,9-12,16H2,1H3. The molecule has 1 saturated carbocycles. The van der Waals surface area contributed by atoms with Gasteiger partial charge in [0, 0.05) is 0 Å². The number of rotatable bonds is 4. The largest absolute Gasteiger partial charge is 0.497 e. The molecule has 1 aromatic carbocycles.